The summed E-state index contributed by atoms with van der Waals surface area (Å²) in [6, 6.07) is 10.8. The summed E-state index contributed by atoms with van der Waals surface area (Å²) in [4.78, 5) is 20.5. The lowest BCUT2D eigenvalue weighted by atomic mass is 10.00. The average Bonchev–Trinajstić information content (AvgIpc) is 2.96. The van der Waals surface area contributed by atoms with Gasteiger partial charge in [0.1, 0.15) is 11.4 Å². The molecule has 2 aromatic rings. The van der Waals surface area contributed by atoms with Crippen LogP contribution in [0.25, 0.3) is 0 Å². The molecule has 1 unspecified atom stereocenters. The van der Waals surface area contributed by atoms with E-state index in [1.165, 1.54) is 17.0 Å². The predicted molar refractivity (Wildman–Crippen MR) is 130 cm³/mol. The number of nitrogens with zero attached hydrogens (tertiary/aromatic N) is 4. The summed E-state index contributed by atoms with van der Waals surface area (Å²) in [5, 5.41) is 23.0. The number of rotatable bonds is 4. The van der Waals surface area contributed by atoms with Gasteiger partial charge in [-0.15, -0.1) is 0 Å². The van der Waals surface area contributed by atoms with Gasteiger partial charge in [-0.3, -0.25) is 9.69 Å². The number of fused-ring (bicyclic) bond motifs is 1. The van der Waals surface area contributed by atoms with Crippen molar-refractivity contribution in [2.24, 2.45) is 4.99 Å². The number of aliphatic hydroxyl groups excluding tert-OH is 1. The van der Waals surface area contributed by atoms with E-state index in [0.717, 1.165) is 6.07 Å². The fraction of sp³-hybridized carbons (Fsp3) is 0.333. The van der Waals surface area contributed by atoms with Gasteiger partial charge in [0.05, 0.1) is 17.3 Å². The number of carbonyl (C=O) groups is 1. The van der Waals surface area contributed by atoms with Crippen LogP contribution in [0.2, 0.25) is 0 Å². The normalized spacial score (nSPS) is 19.5. The van der Waals surface area contributed by atoms with E-state index < -0.39 is 29.2 Å². The molecule has 0 aromatic heterocycles. The number of amides is 1. The molecule has 34 heavy (non-hydrogen) atoms. The first-order valence-electron chi connectivity index (χ1n) is 10.7. The molecule has 2 aliphatic rings. The minimum Gasteiger partial charge on any atom is -0.368 e. The van der Waals surface area contributed by atoms with Gasteiger partial charge in [-0.2, -0.15) is 5.26 Å². The number of halogens is 2. The highest BCUT2D eigenvalue weighted by atomic mass is 32.1. The maximum Gasteiger partial charge on any atom is 0.271 e. The summed E-state index contributed by atoms with van der Waals surface area (Å²) >= 11 is 5.64. The number of aliphatic imine (C=N–C) groups is 1. The molecular formula is C24H23F2N5O2S. The third kappa shape index (κ3) is 3.71. The molecule has 1 fully saturated rings. The molecule has 10 heteroatoms. The number of aliphatic hydroxyl groups is 1. The summed E-state index contributed by atoms with van der Waals surface area (Å²) in [5.74, 6) is -3.02. The fourth-order valence-electron chi connectivity index (χ4n) is 4.19. The molecule has 2 aliphatic heterocycles. The summed E-state index contributed by atoms with van der Waals surface area (Å²) in [6.07, 6.45) is -0.431. The van der Waals surface area contributed by atoms with Crippen LogP contribution in [0, 0.1) is 11.3 Å². The molecule has 2 aromatic carbocycles. The van der Waals surface area contributed by atoms with Gasteiger partial charge in [0.15, 0.2) is 11.3 Å². The summed E-state index contributed by atoms with van der Waals surface area (Å²) in [5.41, 5.74) is 0.147. The second kappa shape index (κ2) is 8.11. The number of alkyl halides is 2. The first-order chi connectivity index (χ1) is 15.9. The Labute approximate surface area is 201 Å². The van der Waals surface area contributed by atoms with E-state index in [-0.39, 0.29) is 16.4 Å². The number of carbonyl (C=O) groups excluding carboxylic acids is 1. The maximum atomic E-state index is 14.2. The van der Waals surface area contributed by atoms with Crippen LogP contribution in [-0.4, -0.2) is 27.5 Å². The lowest BCUT2D eigenvalue weighted by Crippen LogP contribution is -2.44. The monoisotopic (exact) mass is 483 g/mol. The van der Waals surface area contributed by atoms with Crippen molar-refractivity contribution in [1.29, 1.82) is 5.26 Å². The van der Waals surface area contributed by atoms with E-state index in [4.69, 9.17) is 12.2 Å². The van der Waals surface area contributed by atoms with Crippen molar-refractivity contribution in [2.45, 2.75) is 51.8 Å². The van der Waals surface area contributed by atoms with Crippen LogP contribution in [-0.2, 0) is 10.7 Å². The fourth-order valence-corrected chi connectivity index (χ4v) is 4.71. The zero-order valence-electron chi connectivity index (χ0n) is 19.1. The molecule has 1 atom stereocenters. The predicted octanol–water partition coefficient (Wildman–Crippen LogP) is 4.81. The van der Waals surface area contributed by atoms with Crippen LogP contribution < -0.4 is 15.1 Å². The number of thiocarbonyl (C=S) groups is 1. The number of anilines is 3. The minimum atomic E-state index is -3.28. The number of hydrogen-bond acceptors (Lipinski definition) is 6. The third-order valence-electron chi connectivity index (χ3n) is 5.99. The molecule has 1 amide bonds. The van der Waals surface area contributed by atoms with Crippen molar-refractivity contribution in [2.75, 3.05) is 15.1 Å². The molecule has 0 aliphatic carbocycles. The molecule has 4 rings (SSSR count). The first kappa shape index (κ1) is 23.7. The molecular weight excluding hydrogens is 460 g/mol. The van der Waals surface area contributed by atoms with Gasteiger partial charge >= 0.3 is 0 Å². The number of hydrogen-bond donors (Lipinski definition) is 2. The zero-order chi connectivity index (χ0) is 25.0. The highest BCUT2D eigenvalue weighted by Gasteiger charge is 2.50. The van der Waals surface area contributed by atoms with Gasteiger partial charge in [0.25, 0.3) is 11.8 Å². The minimum absolute atomic E-state index is 0.0982. The largest absolute Gasteiger partial charge is 0.368 e. The van der Waals surface area contributed by atoms with Crippen molar-refractivity contribution in [1.82, 2.24) is 0 Å². The van der Waals surface area contributed by atoms with E-state index in [2.05, 4.69) is 10.3 Å². The van der Waals surface area contributed by atoms with Crippen LogP contribution >= 0.6 is 12.2 Å². The van der Waals surface area contributed by atoms with Crippen molar-refractivity contribution in [3.63, 3.8) is 0 Å². The quantitative estimate of drug-likeness (QED) is 0.607. The van der Waals surface area contributed by atoms with Gasteiger partial charge in [-0.25, -0.2) is 13.8 Å². The lowest BCUT2D eigenvalue weighted by molar-refractivity contribution is -0.120. The van der Waals surface area contributed by atoms with Gasteiger partial charge in [0.2, 0.25) is 0 Å². The Morgan fingerprint density at radius 1 is 1.26 bits per heavy atom. The molecule has 0 bridgehead atoms. The van der Waals surface area contributed by atoms with Gasteiger partial charge in [-0.1, -0.05) is 6.92 Å². The van der Waals surface area contributed by atoms with Crippen molar-refractivity contribution in [3.8, 4) is 6.07 Å². The van der Waals surface area contributed by atoms with Crippen molar-refractivity contribution in [3.05, 3.63) is 53.1 Å². The van der Waals surface area contributed by atoms with Crippen LogP contribution in [0.15, 0.2) is 41.4 Å². The molecule has 7 nitrogen and oxygen atoms in total. The van der Waals surface area contributed by atoms with E-state index in [1.807, 2.05) is 6.92 Å². The van der Waals surface area contributed by atoms with E-state index >= 15 is 0 Å². The molecule has 2 heterocycles. The lowest BCUT2D eigenvalue weighted by Gasteiger charge is -2.31. The van der Waals surface area contributed by atoms with E-state index in [0.29, 0.717) is 36.1 Å². The second-order valence-corrected chi connectivity index (χ2v) is 9.11. The number of benzene rings is 2. The van der Waals surface area contributed by atoms with Gasteiger partial charge < -0.3 is 15.3 Å². The molecule has 1 saturated heterocycles. The summed E-state index contributed by atoms with van der Waals surface area (Å²) in [6.45, 7) is 5.99. The van der Waals surface area contributed by atoms with Gasteiger partial charge in [-0.05, 0) is 62.5 Å². The molecule has 0 radical (unpaired) electrons. The first-order valence-corrected chi connectivity index (χ1v) is 11.1. The van der Waals surface area contributed by atoms with Gasteiger partial charge in [0, 0.05) is 35.8 Å². The SMILES string of the molecule is CCC1=NC(O)c2cc(N3C(=S)N(c4ccc(C#N)c(C(C)(F)F)c4)C(=O)C3(C)C)ccc2N1. The zero-order valence-corrected chi connectivity index (χ0v) is 19.9. The van der Waals surface area contributed by atoms with Crippen LogP contribution in [0.1, 0.15) is 57.0 Å². The smallest absolute Gasteiger partial charge is 0.271 e. The average molecular weight is 484 g/mol. The summed E-state index contributed by atoms with van der Waals surface area (Å²) in [7, 11) is 0. The molecule has 0 saturated carbocycles. The number of amidine groups is 1. The maximum absolute atomic E-state index is 14.2. The Morgan fingerprint density at radius 3 is 2.56 bits per heavy atom. The Bertz CT molecular complexity index is 1280. The van der Waals surface area contributed by atoms with E-state index in [1.54, 1.807) is 43.0 Å². The molecule has 2 N–H and O–H groups in total. The Balaban J connectivity index is 1.77. The second-order valence-electron chi connectivity index (χ2n) is 8.75. The number of nitriles is 1. The van der Waals surface area contributed by atoms with Crippen LogP contribution in [0.4, 0.5) is 25.8 Å². The number of nitrogens with one attached hydrogen (secondary N) is 1. The Kier molecular flexibility index (Phi) is 5.66. The standard InChI is InChI=1S/C24H23F2N5O2S/c1-5-19-28-18-9-8-15(10-16(18)20(32)29-19)31-22(34)30(21(33)23(31,2)3)14-7-6-13(12-27)17(11-14)24(4,25)26/h6-11,20,32H,5H2,1-4H3,(H,28,29). The Hall–Kier alpha value is -3.42. The Morgan fingerprint density at radius 2 is 1.94 bits per heavy atom. The molecule has 0 spiro atoms. The van der Waals surface area contributed by atoms with Crippen molar-refractivity contribution >= 4 is 46.1 Å². The van der Waals surface area contributed by atoms with Crippen molar-refractivity contribution < 1.29 is 18.7 Å². The van der Waals surface area contributed by atoms with Crippen LogP contribution in [0.5, 0.6) is 0 Å². The van der Waals surface area contributed by atoms with E-state index in [9.17, 15) is 23.9 Å². The topological polar surface area (TPSA) is 92.0 Å². The highest BCUT2D eigenvalue weighted by Crippen LogP contribution is 2.41. The highest BCUT2D eigenvalue weighted by molar-refractivity contribution is 7.81. The molecule has 176 valence electrons. The van der Waals surface area contributed by atoms with Crippen LogP contribution in [0.3, 0.4) is 0 Å². The third-order valence-corrected chi connectivity index (χ3v) is 6.35. The summed E-state index contributed by atoms with van der Waals surface area (Å²) < 4.78 is 28.3.